The lowest BCUT2D eigenvalue weighted by atomic mass is 10.1. The summed E-state index contributed by atoms with van der Waals surface area (Å²) >= 11 is 0. The Labute approximate surface area is 147 Å². The van der Waals surface area contributed by atoms with Crippen molar-refractivity contribution in [2.24, 2.45) is 23.1 Å². The van der Waals surface area contributed by atoms with Gasteiger partial charge in [0, 0.05) is 13.1 Å². The van der Waals surface area contributed by atoms with Gasteiger partial charge in [-0.25, -0.2) is 0 Å². The largest absolute Gasteiger partial charge is 0.370 e. The van der Waals surface area contributed by atoms with E-state index in [-0.39, 0.29) is 12.2 Å². The SMILES string of the molecule is CN.CN.CNC(=O)[C@H](CC(N)=O)NC(=O)c1cc(CC(C)C)no1. The van der Waals surface area contributed by atoms with Crippen LogP contribution < -0.4 is 27.8 Å². The molecule has 0 spiro atoms. The van der Waals surface area contributed by atoms with E-state index in [1.54, 1.807) is 0 Å². The molecule has 10 heteroatoms. The lowest BCUT2D eigenvalue weighted by molar-refractivity contribution is -0.126. The van der Waals surface area contributed by atoms with Gasteiger partial charge in [-0.05, 0) is 26.4 Å². The van der Waals surface area contributed by atoms with E-state index in [1.807, 2.05) is 13.8 Å². The topological polar surface area (TPSA) is 179 Å². The molecule has 8 N–H and O–H groups in total. The van der Waals surface area contributed by atoms with Gasteiger partial charge in [0.2, 0.25) is 17.6 Å². The number of likely N-dealkylation sites (N-methyl/N-ethyl adjacent to an activating group) is 1. The quantitative estimate of drug-likeness (QED) is 0.403. The summed E-state index contributed by atoms with van der Waals surface area (Å²) in [4.78, 5) is 34.5. The van der Waals surface area contributed by atoms with Gasteiger partial charge < -0.3 is 32.4 Å². The molecule has 0 saturated heterocycles. The monoisotopic (exact) mass is 358 g/mol. The predicted molar refractivity (Wildman–Crippen MR) is 94.4 cm³/mol. The molecule has 144 valence electrons. The van der Waals surface area contributed by atoms with E-state index in [4.69, 9.17) is 10.3 Å². The zero-order valence-corrected chi connectivity index (χ0v) is 15.5. The molecule has 0 fully saturated rings. The summed E-state index contributed by atoms with van der Waals surface area (Å²) in [5, 5.41) is 8.53. The molecular weight excluding hydrogens is 328 g/mol. The van der Waals surface area contributed by atoms with E-state index in [0.717, 1.165) is 0 Å². The van der Waals surface area contributed by atoms with Crippen molar-refractivity contribution in [3.05, 3.63) is 17.5 Å². The predicted octanol–water partition coefficient (Wildman–Crippen LogP) is -1.26. The average Bonchev–Trinajstić information content (AvgIpc) is 3.04. The third-order valence-corrected chi connectivity index (χ3v) is 2.67. The Morgan fingerprint density at radius 2 is 1.76 bits per heavy atom. The molecule has 1 aromatic heterocycles. The molecule has 0 aromatic carbocycles. The van der Waals surface area contributed by atoms with Gasteiger partial charge in [-0.3, -0.25) is 14.4 Å². The number of primary amides is 1. The molecule has 1 aromatic rings. The highest BCUT2D eigenvalue weighted by Crippen LogP contribution is 2.09. The van der Waals surface area contributed by atoms with Gasteiger partial charge in [-0.1, -0.05) is 19.0 Å². The van der Waals surface area contributed by atoms with Crippen molar-refractivity contribution in [2.45, 2.75) is 32.7 Å². The van der Waals surface area contributed by atoms with Crippen molar-refractivity contribution >= 4 is 17.7 Å². The van der Waals surface area contributed by atoms with Gasteiger partial charge in [0.1, 0.15) is 6.04 Å². The summed E-state index contributed by atoms with van der Waals surface area (Å²) in [5.41, 5.74) is 14.7. The molecule has 0 bridgehead atoms. The van der Waals surface area contributed by atoms with Crippen LogP contribution in [0.2, 0.25) is 0 Å². The van der Waals surface area contributed by atoms with E-state index in [0.29, 0.717) is 18.0 Å². The number of carbonyl (C=O) groups is 3. The third-order valence-electron chi connectivity index (χ3n) is 2.67. The first kappa shape index (κ1) is 24.8. The van der Waals surface area contributed by atoms with Crippen molar-refractivity contribution in [1.29, 1.82) is 0 Å². The molecule has 0 aliphatic heterocycles. The summed E-state index contributed by atoms with van der Waals surface area (Å²) in [6.07, 6.45) is 0.384. The first-order valence-electron chi connectivity index (χ1n) is 7.75. The first-order chi connectivity index (χ1) is 11.8. The minimum absolute atomic E-state index is 0.0102. The Bertz CT molecular complexity index is 530. The second-order valence-corrected chi connectivity index (χ2v) is 5.09. The minimum atomic E-state index is -1.04. The van der Waals surface area contributed by atoms with E-state index < -0.39 is 23.8 Å². The summed E-state index contributed by atoms with van der Waals surface area (Å²) in [7, 11) is 4.40. The summed E-state index contributed by atoms with van der Waals surface area (Å²) in [5.74, 6) is -1.46. The smallest absolute Gasteiger partial charge is 0.290 e. The number of hydrogen-bond acceptors (Lipinski definition) is 7. The van der Waals surface area contributed by atoms with Gasteiger partial charge in [-0.15, -0.1) is 0 Å². The van der Waals surface area contributed by atoms with Crippen LogP contribution in [0.1, 0.15) is 36.5 Å². The number of hydrogen-bond donors (Lipinski definition) is 5. The normalized spacial score (nSPS) is 10.6. The van der Waals surface area contributed by atoms with E-state index in [2.05, 4.69) is 27.3 Å². The molecule has 10 nitrogen and oxygen atoms in total. The number of nitrogens with zero attached hydrogens (tertiary/aromatic N) is 1. The van der Waals surface area contributed by atoms with Crippen molar-refractivity contribution < 1.29 is 18.9 Å². The van der Waals surface area contributed by atoms with Crippen molar-refractivity contribution in [2.75, 3.05) is 21.1 Å². The van der Waals surface area contributed by atoms with Crippen molar-refractivity contribution in [3.8, 4) is 0 Å². The molecule has 0 aliphatic rings. The van der Waals surface area contributed by atoms with Gasteiger partial charge in [-0.2, -0.15) is 0 Å². The molecule has 0 aliphatic carbocycles. The Hall–Kier alpha value is -2.46. The third kappa shape index (κ3) is 10.1. The zero-order valence-electron chi connectivity index (χ0n) is 15.5. The molecule has 0 radical (unpaired) electrons. The molecule has 25 heavy (non-hydrogen) atoms. The molecule has 1 atom stereocenters. The fourth-order valence-electron chi connectivity index (χ4n) is 1.75. The minimum Gasteiger partial charge on any atom is -0.370 e. The van der Waals surface area contributed by atoms with Crippen LogP contribution in [0.25, 0.3) is 0 Å². The Kier molecular flexibility index (Phi) is 13.8. The van der Waals surface area contributed by atoms with E-state index >= 15 is 0 Å². The molecule has 0 saturated carbocycles. The van der Waals surface area contributed by atoms with E-state index in [9.17, 15) is 14.4 Å². The average molecular weight is 358 g/mol. The van der Waals surface area contributed by atoms with Crippen LogP contribution >= 0.6 is 0 Å². The number of amides is 3. The number of nitrogens with two attached hydrogens (primary N) is 3. The molecule has 1 rings (SSSR count). The maximum Gasteiger partial charge on any atom is 0.290 e. The Morgan fingerprint density at radius 1 is 1.20 bits per heavy atom. The number of nitrogens with one attached hydrogen (secondary N) is 2. The van der Waals surface area contributed by atoms with Crippen LogP contribution in [0.4, 0.5) is 0 Å². The highest BCUT2D eigenvalue weighted by atomic mass is 16.5. The summed E-state index contributed by atoms with van der Waals surface area (Å²) < 4.78 is 4.94. The van der Waals surface area contributed by atoms with Crippen LogP contribution in [0, 0.1) is 5.92 Å². The van der Waals surface area contributed by atoms with Crippen LogP contribution in [-0.2, 0) is 16.0 Å². The maximum atomic E-state index is 12.0. The van der Waals surface area contributed by atoms with Gasteiger partial charge in [0.25, 0.3) is 5.91 Å². The number of aromatic nitrogens is 1. The highest BCUT2D eigenvalue weighted by molar-refractivity contribution is 5.97. The highest BCUT2D eigenvalue weighted by Gasteiger charge is 2.24. The Morgan fingerprint density at radius 3 is 2.20 bits per heavy atom. The van der Waals surface area contributed by atoms with Gasteiger partial charge in [0.05, 0.1) is 12.1 Å². The maximum absolute atomic E-state index is 12.0. The standard InChI is InChI=1S/C13H20N4O4.2CH5N/c1-7(2)4-8-5-10(21-17-8)13(20)16-9(6-11(14)18)12(19)15-3;2*1-2/h5,7,9H,4,6H2,1-3H3,(H2,14,18)(H,15,19)(H,16,20);2*2H2,1H3/t9-;;/m0../s1. The molecular formula is C15H30N6O4. The van der Waals surface area contributed by atoms with Crippen molar-refractivity contribution in [1.82, 2.24) is 15.8 Å². The Balaban J connectivity index is 0. The van der Waals surface area contributed by atoms with Crippen molar-refractivity contribution in [3.63, 3.8) is 0 Å². The van der Waals surface area contributed by atoms with E-state index in [1.165, 1.54) is 27.2 Å². The van der Waals surface area contributed by atoms with Gasteiger partial charge in [0.15, 0.2) is 0 Å². The van der Waals surface area contributed by atoms with Crippen LogP contribution in [0.3, 0.4) is 0 Å². The first-order valence-corrected chi connectivity index (χ1v) is 7.75. The molecule has 3 amide bonds. The molecule has 1 heterocycles. The van der Waals surface area contributed by atoms with Crippen LogP contribution in [0.5, 0.6) is 0 Å². The second kappa shape index (κ2) is 13.9. The fourth-order valence-corrected chi connectivity index (χ4v) is 1.75. The number of carbonyl (C=O) groups excluding carboxylic acids is 3. The lowest BCUT2D eigenvalue weighted by Crippen LogP contribution is -2.47. The summed E-state index contributed by atoms with van der Waals surface area (Å²) in [6, 6.07) is 0.471. The van der Waals surface area contributed by atoms with Crippen LogP contribution in [0.15, 0.2) is 10.6 Å². The number of rotatable bonds is 7. The van der Waals surface area contributed by atoms with Crippen LogP contribution in [-0.4, -0.2) is 50.1 Å². The second-order valence-electron chi connectivity index (χ2n) is 5.09. The zero-order chi connectivity index (χ0) is 20.0. The summed E-state index contributed by atoms with van der Waals surface area (Å²) in [6.45, 7) is 4.03. The fraction of sp³-hybridized carbons (Fsp3) is 0.600. The lowest BCUT2D eigenvalue weighted by Gasteiger charge is -2.14. The van der Waals surface area contributed by atoms with Gasteiger partial charge >= 0.3 is 0 Å². The molecule has 0 unspecified atom stereocenters.